The molecule has 2 N–H and O–H groups in total. The lowest BCUT2D eigenvalue weighted by Gasteiger charge is -2.23. The van der Waals surface area contributed by atoms with E-state index in [4.69, 9.17) is 4.98 Å². The number of aryl methyl sites for hydroxylation is 2. The van der Waals surface area contributed by atoms with Crippen molar-refractivity contribution in [3.8, 4) is 0 Å². The molecule has 146 valence electrons. The van der Waals surface area contributed by atoms with Gasteiger partial charge in [-0.25, -0.2) is 15.0 Å². The van der Waals surface area contributed by atoms with Crippen LogP contribution in [0.4, 0.5) is 16.1 Å². The third kappa shape index (κ3) is 4.54. The van der Waals surface area contributed by atoms with E-state index in [9.17, 15) is 4.79 Å². The van der Waals surface area contributed by atoms with Crippen LogP contribution in [0.5, 0.6) is 0 Å². The van der Waals surface area contributed by atoms with Crippen LogP contribution in [0, 0.1) is 13.8 Å². The zero-order valence-electron chi connectivity index (χ0n) is 15.8. The summed E-state index contributed by atoms with van der Waals surface area (Å²) in [4.78, 5) is 30.2. The van der Waals surface area contributed by atoms with Crippen molar-refractivity contribution in [2.75, 3.05) is 23.7 Å². The number of amides is 1. The lowest BCUT2D eigenvalue weighted by molar-refractivity contribution is -0.117. The highest BCUT2D eigenvalue weighted by Crippen LogP contribution is 2.31. The number of hydrogen-bond acceptors (Lipinski definition) is 8. The van der Waals surface area contributed by atoms with Gasteiger partial charge in [0.05, 0.1) is 18.3 Å². The minimum absolute atomic E-state index is 0.0335. The molecule has 7 nitrogen and oxygen atoms in total. The van der Waals surface area contributed by atoms with Gasteiger partial charge in [-0.1, -0.05) is 6.07 Å². The molecule has 1 saturated heterocycles. The number of anilines is 3. The topological polar surface area (TPSA) is 83.0 Å². The van der Waals surface area contributed by atoms with E-state index in [2.05, 4.69) is 25.5 Å². The molecule has 0 aliphatic carbocycles. The number of nitrogens with one attached hydrogen (secondary N) is 2. The van der Waals surface area contributed by atoms with E-state index in [1.165, 1.54) is 11.3 Å². The molecule has 1 aliphatic rings. The average molecular weight is 415 g/mol. The minimum atomic E-state index is -0.0335. The van der Waals surface area contributed by atoms with Gasteiger partial charge in [-0.2, -0.15) is 0 Å². The Kier molecular flexibility index (Phi) is 5.65. The third-order valence-electron chi connectivity index (χ3n) is 4.55. The Bertz CT molecular complexity index is 969. The number of thiazole rings is 2. The number of carbonyl (C=O) groups excluding carboxylic acids is 1. The molecular formula is C19H22N6OS2. The fraction of sp³-hybridized carbons (Fsp3) is 0.368. The van der Waals surface area contributed by atoms with Gasteiger partial charge >= 0.3 is 0 Å². The van der Waals surface area contributed by atoms with Crippen molar-refractivity contribution in [3.05, 3.63) is 46.0 Å². The van der Waals surface area contributed by atoms with E-state index in [0.717, 1.165) is 45.8 Å². The van der Waals surface area contributed by atoms with Crippen LogP contribution in [0.3, 0.4) is 0 Å². The van der Waals surface area contributed by atoms with Gasteiger partial charge in [0.1, 0.15) is 5.82 Å². The summed E-state index contributed by atoms with van der Waals surface area (Å²) in [5, 5.41) is 7.66. The van der Waals surface area contributed by atoms with E-state index in [1.807, 2.05) is 38.2 Å². The summed E-state index contributed by atoms with van der Waals surface area (Å²) in [6.45, 7) is 5.24. The Morgan fingerprint density at radius 1 is 1.18 bits per heavy atom. The quantitative estimate of drug-likeness (QED) is 0.631. The van der Waals surface area contributed by atoms with Gasteiger partial charge in [-0.3, -0.25) is 9.69 Å². The first-order valence-corrected chi connectivity index (χ1v) is 10.8. The lowest BCUT2D eigenvalue weighted by atomic mass is 10.1. The SMILES string of the molecule is Cc1cnc(NC(=O)CN2CCC[C@H]2c2cccc(Nc3ncc(C)s3)n2)s1. The van der Waals surface area contributed by atoms with E-state index >= 15 is 0 Å². The normalized spacial score (nSPS) is 17.0. The maximum atomic E-state index is 12.4. The van der Waals surface area contributed by atoms with Gasteiger partial charge in [0.25, 0.3) is 0 Å². The molecule has 0 bridgehead atoms. The summed E-state index contributed by atoms with van der Waals surface area (Å²) in [5.41, 5.74) is 0.980. The number of nitrogens with zero attached hydrogens (tertiary/aromatic N) is 4. The summed E-state index contributed by atoms with van der Waals surface area (Å²) in [6, 6.07) is 6.11. The highest BCUT2D eigenvalue weighted by Gasteiger charge is 2.29. The van der Waals surface area contributed by atoms with Gasteiger partial charge in [-0.15, -0.1) is 22.7 Å². The fourth-order valence-electron chi connectivity index (χ4n) is 3.33. The number of carbonyl (C=O) groups is 1. The summed E-state index contributed by atoms with van der Waals surface area (Å²) >= 11 is 3.09. The first kappa shape index (κ1) is 19.0. The molecule has 3 aromatic heterocycles. The van der Waals surface area contributed by atoms with Gasteiger partial charge in [0, 0.05) is 22.1 Å². The smallest absolute Gasteiger partial charge is 0.240 e. The Morgan fingerprint density at radius 2 is 1.93 bits per heavy atom. The molecular weight excluding hydrogens is 392 g/mol. The molecule has 1 aliphatic heterocycles. The van der Waals surface area contributed by atoms with Crippen molar-refractivity contribution >= 4 is 44.7 Å². The van der Waals surface area contributed by atoms with Crippen molar-refractivity contribution in [1.82, 2.24) is 19.9 Å². The second kappa shape index (κ2) is 8.34. The molecule has 9 heteroatoms. The number of pyridine rings is 1. The monoisotopic (exact) mass is 414 g/mol. The summed E-state index contributed by atoms with van der Waals surface area (Å²) < 4.78 is 0. The maximum Gasteiger partial charge on any atom is 0.240 e. The zero-order chi connectivity index (χ0) is 19.5. The van der Waals surface area contributed by atoms with Gasteiger partial charge < -0.3 is 10.6 Å². The predicted molar refractivity (Wildman–Crippen MR) is 113 cm³/mol. The molecule has 0 unspecified atom stereocenters. The fourth-order valence-corrected chi connectivity index (χ4v) is 4.69. The summed E-state index contributed by atoms with van der Waals surface area (Å²) in [7, 11) is 0. The first-order valence-electron chi connectivity index (χ1n) is 9.19. The van der Waals surface area contributed by atoms with Crippen LogP contribution >= 0.6 is 22.7 Å². The maximum absolute atomic E-state index is 12.4. The predicted octanol–water partition coefficient (Wildman–Crippen LogP) is 4.13. The van der Waals surface area contributed by atoms with Crippen LogP contribution in [-0.2, 0) is 4.79 Å². The Morgan fingerprint density at radius 3 is 2.64 bits per heavy atom. The summed E-state index contributed by atoms with van der Waals surface area (Å²) in [6.07, 6.45) is 5.67. The van der Waals surface area contributed by atoms with Crippen LogP contribution in [0.15, 0.2) is 30.6 Å². The second-order valence-electron chi connectivity index (χ2n) is 6.80. The van der Waals surface area contributed by atoms with Crippen LogP contribution in [-0.4, -0.2) is 38.8 Å². The zero-order valence-corrected chi connectivity index (χ0v) is 17.4. The molecule has 0 radical (unpaired) electrons. The third-order valence-corrected chi connectivity index (χ3v) is 6.20. The highest BCUT2D eigenvalue weighted by molar-refractivity contribution is 7.15. The molecule has 28 heavy (non-hydrogen) atoms. The molecule has 0 aromatic carbocycles. The minimum Gasteiger partial charge on any atom is -0.316 e. The Labute approximate surface area is 171 Å². The average Bonchev–Trinajstić information content (AvgIpc) is 3.38. The van der Waals surface area contributed by atoms with Crippen LogP contribution in [0.25, 0.3) is 0 Å². The second-order valence-corrected chi connectivity index (χ2v) is 9.27. The highest BCUT2D eigenvalue weighted by atomic mass is 32.1. The van der Waals surface area contributed by atoms with Crippen molar-refractivity contribution < 1.29 is 4.79 Å². The number of rotatable bonds is 6. The van der Waals surface area contributed by atoms with E-state index in [1.54, 1.807) is 17.5 Å². The lowest BCUT2D eigenvalue weighted by Crippen LogP contribution is -2.33. The van der Waals surface area contributed by atoms with Crippen molar-refractivity contribution in [3.63, 3.8) is 0 Å². The standard InChI is InChI=1S/C19H22N6OS2/c1-12-9-20-18(27-12)23-16-7-3-5-14(22-16)15-6-4-8-25(15)11-17(26)24-19-21-10-13(2)28-19/h3,5,7,9-10,15H,4,6,8,11H2,1-2H3,(H,20,22,23)(H,21,24,26)/t15-/m0/s1. The Balaban J connectivity index is 1.42. The molecule has 1 amide bonds. The van der Waals surface area contributed by atoms with E-state index in [0.29, 0.717) is 11.7 Å². The van der Waals surface area contributed by atoms with Gasteiger partial charge in [0.2, 0.25) is 5.91 Å². The van der Waals surface area contributed by atoms with Crippen LogP contribution in [0.2, 0.25) is 0 Å². The molecule has 4 rings (SSSR count). The molecule has 0 saturated carbocycles. The van der Waals surface area contributed by atoms with E-state index < -0.39 is 0 Å². The number of hydrogen-bond donors (Lipinski definition) is 2. The molecule has 1 atom stereocenters. The summed E-state index contributed by atoms with van der Waals surface area (Å²) in [5.74, 6) is 0.746. The van der Waals surface area contributed by atoms with Crippen molar-refractivity contribution in [2.24, 2.45) is 0 Å². The molecule has 3 aromatic rings. The largest absolute Gasteiger partial charge is 0.316 e. The number of likely N-dealkylation sites (tertiary alicyclic amines) is 1. The van der Waals surface area contributed by atoms with Gasteiger partial charge in [0.15, 0.2) is 10.3 Å². The molecule has 0 spiro atoms. The van der Waals surface area contributed by atoms with Gasteiger partial charge in [-0.05, 0) is 45.4 Å². The molecule has 1 fully saturated rings. The number of aromatic nitrogens is 3. The van der Waals surface area contributed by atoms with Crippen LogP contribution in [0.1, 0.15) is 34.3 Å². The van der Waals surface area contributed by atoms with Crippen LogP contribution < -0.4 is 10.6 Å². The molecule has 4 heterocycles. The van der Waals surface area contributed by atoms with Crippen molar-refractivity contribution in [1.29, 1.82) is 0 Å². The van der Waals surface area contributed by atoms with E-state index in [-0.39, 0.29) is 11.9 Å². The van der Waals surface area contributed by atoms with Crippen molar-refractivity contribution in [2.45, 2.75) is 32.7 Å². The first-order chi connectivity index (χ1) is 13.6. The Hall–Kier alpha value is -2.36.